The molecule has 0 aliphatic heterocycles. The Morgan fingerprint density at radius 2 is 1.65 bits per heavy atom. The van der Waals surface area contributed by atoms with Crippen molar-refractivity contribution in [1.29, 1.82) is 0 Å². The van der Waals surface area contributed by atoms with Crippen molar-refractivity contribution in [2.75, 3.05) is 37.9 Å². The van der Waals surface area contributed by atoms with Crippen LogP contribution in [0.2, 0.25) is 0 Å². The highest BCUT2D eigenvalue weighted by Crippen LogP contribution is 2.24. The molecule has 0 heterocycles. The van der Waals surface area contributed by atoms with Crippen molar-refractivity contribution in [3.8, 4) is 5.75 Å². The lowest BCUT2D eigenvalue weighted by molar-refractivity contribution is -0.862. The topological polar surface area (TPSA) is 71.9 Å². The van der Waals surface area contributed by atoms with E-state index in [1.807, 2.05) is 19.1 Å². The van der Waals surface area contributed by atoms with E-state index in [0.29, 0.717) is 22.0 Å². The van der Waals surface area contributed by atoms with Crippen molar-refractivity contribution < 1.29 is 23.6 Å². The van der Waals surface area contributed by atoms with Crippen LogP contribution in [0.15, 0.2) is 42.5 Å². The second-order valence-corrected chi connectivity index (χ2v) is 6.12. The fraction of sp³-hybridized carbons (Fsp3) is 0.263. The van der Waals surface area contributed by atoms with Gasteiger partial charge in [-0.15, -0.1) is 0 Å². The maximum absolute atomic E-state index is 12.9. The zero-order valence-corrected chi connectivity index (χ0v) is 15.1. The summed E-state index contributed by atoms with van der Waals surface area (Å²) in [5, 5.41) is 5.47. The first-order valence-corrected chi connectivity index (χ1v) is 8.18. The van der Waals surface area contributed by atoms with Crippen LogP contribution in [0, 0.1) is 12.7 Å². The number of hydrogen-bond donors (Lipinski definition) is 3. The third-order valence-corrected chi connectivity index (χ3v) is 3.68. The Balaban J connectivity index is 1.86. The molecule has 26 heavy (non-hydrogen) atoms. The smallest absolute Gasteiger partial charge is 0.279 e. The Bertz CT molecular complexity index is 778. The number of anilines is 2. The number of aryl methyl sites for hydroxylation is 1. The summed E-state index contributed by atoms with van der Waals surface area (Å²) in [6, 6.07) is 11.0. The number of nitrogens with one attached hydrogen (secondary N) is 3. The van der Waals surface area contributed by atoms with Crippen molar-refractivity contribution in [3.05, 3.63) is 53.8 Å². The Labute approximate surface area is 152 Å². The predicted molar refractivity (Wildman–Crippen MR) is 98.0 cm³/mol. The van der Waals surface area contributed by atoms with E-state index in [9.17, 15) is 14.0 Å². The average molecular weight is 360 g/mol. The molecule has 0 saturated carbocycles. The minimum absolute atomic E-state index is 0.107. The summed E-state index contributed by atoms with van der Waals surface area (Å²) in [4.78, 5) is 25.0. The van der Waals surface area contributed by atoms with Gasteiger partial charge in [0, 0.05) is 5.69 Å². The minimum atomic E-state index is -0.367. The van der Waals surface area contributed by atoms with E-state index in [-0.39, 0.29) is 30.7 Å². The van der Waals surface area contributed by atoms with E-state index < -0.39 is 0 Å². The molecule has 2 rings (SSSR count). The summed E-state index contributed by atoms with van der Waals surface area (Å²) in [6.07, 6.45) is 0. The van der Waals surface area contributed by atoms with E-state index in [1.165, 1.54) is 31.4 Å². The van der Waals surface area contributed by atoms with Gasteiger partial charge in [-0.05, 0) is 48.9 Å². The van der Waals surface area contributed by atoms with E-state index in [4.69, 9.17) is 4.74 Å². The summed E-state index contributed by atoms with van der Waals surface area (Å²) in [5.74, 6) is -0.263. The largest absolute Gasteiger partial charge is 0.495 e. The first-order valence-electron chi connectivity index (χ1n) is 8.18. The van der Waals surface area contributed by atoms with E-state index >= 15 is 0 Å². The van der Waals surface area contributed by atoms with Gasteiger partial charge in [0.15, 0.2) is 13.1 Å². The molecule has 0 bridgehead atoms. The molecule has 0 spiro atoms. The number of rotatable bonds is 7. The van der Waals surface area contributed by atoms with E-state index in [0.717, 1.165) is 5.56 Å². The number of likely N-dealkylation sites (N-methyl/N-ethyl adjacent to an activating group) is 1. The van der Waals surface area contributed by atoms with Gasteiger partial charge in [0.05, 0.1) is 19.8 Å². The van der Waals surface area contributed by atoms with Gasteiger partial charge in [0.25, 0.3) is 11.8 Å². The van der Waals surface area contributed by atoms with Gasteiger partial charge in [-0.2, -0.15) is 0 Å². The molecule has 0 fully saturated rings. The first-order chi connectivity index (χ1) is 12.4. The number of amides is 2. The van der Waals surface area contributed by atoms with Crippen LogP contribution < -0.4 is 20.3 Å². The third-order valence-electron chi connectivity index (χ3n) is 3.68. The van der Waals surface area contributed by atoms with Crippen molar-refractivity contribution in [1.82, 2.24) is 0 Å². The van der Waals surface area contributed by atoms with Gasteiger partial charge >= 0.3 is 0 Å². The Hall–Kier alpha value is -2.93. The maximum atomic E-state index is 12.9. The van der Waals surface area contributed by atoms with Crippen LogP contribution in [0.1, 0.15) is 5.56 Å². The highest BCUT2D eigenvalue weighted by Gasteiger charge is 2.16. The third kappa shape index (κ3) is 5.86. The number of hydrogen-bond acceptors (Lipinski definition) is 3. The van der Waals surface area contributed by atoms with Crippen LogP contribution >= 0.6 is 0 Å². The summed E-state index contributed by atoms with van der Waals surface area (Å²) >= 11 is 0. The zero-order chi connectivity index (χ0) is 19.1. The second-order valence-electron chi connectivity index (χ2n) is 6.12. The van der Waals surface area contributed by atoms with Crippen LogP contribution in [0.4, 0.5) is 15.8 Å². The van der Waals surface area contributed by atoms with Gasteiger partial charge in [-0.1, -0.05) is 6.07 Å². The molecule has 0 radical (unpaired) electrons. The van der Waals surface area contributed by atoms with Gasteiger partial charge in [-0.3, -0.25) is 9.59 Å². The molecule has 6 nitrogen and oxygen atoms in total. The van der Waals surface area contributed by atoms with Crippen LogP contribution in [-0.4, -0.2) is 39.1 Å². The number of carbonyl (C=O) groups is 2. The van der Waals surface area contributed by atoms with Gasteiger partial charge in [0.1, 0.15) is 11.6 Å². The van der Waals surface area contributed by atoms with Crippen molar-refractivity contribution >= 4 is 23.2 Å². The van der Waals surface area contributed by atoms with E-state index in [1.54, 1.807) is 13.1 Å². The van der Waals surface area contributed by atoms with Crippen molar-refractivity contribution in [2.45, 2.75) is 6.92 Å². The normalized spacial score (nSPS) is 11.5. The predicted octanol–water partition coefficient (Wildman–Crippen LogP) is 1.23. The number of halogens is 1. The second kappa shape index (κ2) is 8.96. The number of benzene rings is 2. The molecule has 0 aliphatic carbocycles. The Morgan fingerprint density at radius 1 is 1.04 bits per heavy atom. The summed E-state index contributed by atoms with van der Waals surface area (Å²) in [7, 11) is 3.29. The lowest BCUT2D eigenvalue weighted by Gasteiger charge is -2.15. The lowest BCUT2D eigenvalue weighted by atomic mass is 10.2. The lowest BCUT2D eigenvalue weighted by Crippen LogP contribution is -3.11. The Morgan fingerprint density at radius 3 is 2.27 bits per heavy atom. The number of carbonyl (C=O) groups excluding carboxylic acids is 2. The zero-order valence-electron chi connectivity index (χ0n) is 15.1. The van der Waals surface area contributed by atoms with Gasteiger partial charge in [0.2, 0.25) is 0 Å². The molecule has 1 atom stereocenters. The van der Waals surface area contributed by atoms with Gasteiger partial charge < -0.3 is 20.3 Å². The molecular formula is C19H23FN3O3+. The first kappa shape index (κ1) is 19.4. The van der Waals surface area contributed by atoms with Crippen LogP contribution in [0.25, 0.3) is 0 Å². The van der Waals surface area contributed by atoms with Gasteiger partial charge in [-0.25, -0.2) is 4.39 Å². The highest BCUT2D eigenvalue weighted by molar-refractivity contribution is 5.94. The van der Waals surface area contributed by atoms with Crippen molar-refractivity contribution in [2.24, 2.45) is 0 Å². The van der Waals surface area contributed by atoms with Crippen LogP contribution in [0.5, 0.6) is 5.75 Å². The molecule has 0 aromatic heterocycles. The molecular weight excluding hydrogens is 337 g/mol. The van der Waals surface area contributed by atoms with Crippen LogP contribution in [-0.2, 0) is 9.59 Å². The molecule has 0 aliphatic rings. The molecule has 7 heteroatoms. The molecule has 1 unspecified atom stereocenters. The highest BCUT2D eigenvalue weighted by atomic mass is 19.1. The minimum Gasteiger partial charge on any atom is -0.495 e. The van der Waals surface area contributed by atoms with Crippen molar-refractivity contribution in [3.63, 3.8) is 0 Å². The average Bonchev–Trinajstić information content (AvgIpc) is 2.56. The maximum Gasteiger partial charge on any atom is 0.279 e. The fourth-order valence-electron chi connectivity index (χ4n) is 2.46. The van der Waals surface area contributed by atoms with E-state index in [2.05, 4.69) is 10.6 Å². The SMILES string of the molecule is COc1ccc(C)cc1NC(=O)C[NH+](C)CC(=O)Nc1ccc(F)cc1. The Kier molecular flexibility index (Phi) is 6.68. The number of quaternary nitrogens is 1. The summed E-state index contributed by atoms with van der Waals surface area (Å²) in [6.45, 7) is 2.15. The molecule has 2 aromatic rings. The fourth-order valence-corrected chi connectivity index (χ4v) is 2.46. The van der Waals surface area contributed by atoms with Crippen LogP contribution in [0.3, 0.4) is 0 Å². The molecule has 0 saturated heterocycles. The summed E-state index contributed by atoms with van der Waals surface area (Å²) < 4.78 is 18.1. The molecule has 3 N–H and O–H groups in total. The standard InChI is InChI=1S/C19H22FN3O3/c1-13-4-9-17(26-3)16(10-13)22-19(25)12-23(2)11-18(24)21-15-7-5-14(20)6-8-15/h4-10H,11-12H2,1-3H3,(H,21,24)(H,22,25)/p+1. The quantitative estimate of drug-likeness (QED) is 0.696. The molecule has 2 aromatic carbocycles. The number of methoxy groups -OCH3 is 1. The number of ether oxygens (including phenoxy) is 1. The monoisotopic (exact) mass is 360 g/mol. The molecule has 138 valence electrons. The summed E-state index contributed by atoms with van der Waals surface area (Å²) in [5.41, 5.74) is 2.11. The molecule has 2 amide bonds.